The molecule has 5 rings (SSSR count). The number of rotatable bonds is 5. The lowest BCUT2D eigenvalue weighted by Crippen LogP contribution is -2.31. The first kappa shape index (κ1) is 18.3. The fraction of sp³-hybridized carbons (Fsp3) is 0.375. The smallest absolute Gasteiger partial charge is 0.218 e. The number of pyridine rings is 1. The SMILES string of the molecule is c1ccc(-c2ncc3c(n2)CCN(Cc2cccnc2OC2CCCC2)C3)cc1. The maximum Gasteiger partial charge on any atom is 0.218 e. The summed E-state index contributed by atoms with van der Waals surface area (Å²) in [7, 11) is 0. The Kier molecular flexibility index (Phi) is 5.22. The van der Waals surface area contributed by atoms with Crippen molar-refractivity contribution in [2.75, 3.05) is 6.54 Å². The molecule has 0 amide bonds. The van der Waals surface area contributed by atoms with E-state index in [2.05, 4.69) is 33.1 Å². The standard InChI is InChI=1S/C24H26N4O/c1-2-7-18(8-3-1)23-26-15-20-17-28(14-12-22(20)27-23)16-19-9-6-13-25-24(19)29-21-10-4-5-11-21/h1-3,6-9,13,15,21H,4-5,10-12,14,16-17H2. The Balaban J connectivity index is 1.29. The number of aromatic nitrogens is 3. The van der Waals surface area contributed by atoms with Crippen LogP contribution in [0.2, 0.25) is 0 Å². The molecule has 2 aromatic heterocycles. The molecule has 0 saturated heterocycles. The van der Waals surface area contributed by atoms with E-state index in [1.165, 1.54) is 29.7 Å². The van der Waals surface area contributed by atoms with Crippen molar-refractivity contribution in [1.29, 1.82) is 0 Å². The zero-order valence-corrected chi connectivity index (χ0v) is 16.6. The van der Waals surface area contributed by atoms with Crippen molar-refractivity contribution in [2.24, 2.45) is 0 Å². The second-order valence-corrected chi connectivity index (χ2v) is 7.98. The predicted molar refractivity (Wildman–Crippen MR) is 112 cm³/mol. The highest BCUT2D eigenvalue weighted by atomic mass is 16.5. The summed E-state index contributed by atoms with van der Waals surface area (Å²) in [6.07, 6.45) is 9.92. The fourth-order valence-corrected chi connectivity index (χ4v) is 4.29. The van der Waals surface area contributed by atoms with Gasteiger partial charge in [0.15, 0.2) is 5.82 Å². The fourth-order valence-electron chi connectivity index (χ4n) is 4.29. The highest BCUT2D eigenvalue weighted by molar-refractivity contribution is 5.54. The Hall–Kier alpha value is -2.79. The molecule has 5 nitrogen and oxygen atoms in total. The number of hydrogen-bond donors (Lipinski definition) is 0. The van der Waals surface area contributed by atoms with E-state index >= 15 is 0 Å². The molecule has 3 aromatic rings. The van der Waals surface area contributed by atoms with Crippen LogP contribution in [0.15, 0.2) is 54.9 Å². The lowest BCUT2D eigenvalue weighted by Gasteiger charge is -2.28. The van der Waals surface area contributed by atoms with E-state index in [0.29, 0.717) is 6.10 Å². The molecule has 1 fully saturated rings. The van der Waals surface area contributed by atoms with E-state index in [1.807, 2.05) is 36.7 Å². The van der Waals surface area contributed by atoms with E-state index in [0.717, 1.165) is 56.2 Å². The van der Waals surface area contributed by atoms with Gasteiger partial charge in [-0.2, -0.15) is 0 Å². The highest BCUT2D eigenvalue weighted by Crippen LogP contribution is 2.27. The predicted octanol–water partition coefficient (Wildman–Crippen LogP) is 4.42. The van der Waals surface area contributed by atoms with Gasteiger partial charge in [-0.25, -0.2) is 15.0 Å². The molecule has 3 heterocycles. The molecule has 1 aliphatic carbocycles. The summed E-state index contributed by atoms with van der Waals surface area (Å²) >= 11 is 0. The Bertz CT molecular complexity index is 970. The summed E-state index contributed by atoms with van der Waals surface area (Å²) in [5.41, 5.74) is 4.63. The van der Waals surface area contributed by atoms with Gasteiger partial charge in [0.05, 0.1) is 5.69 Å². The zero-order valence-electron chi connectivity index (χ0n) is 16.6. The molecule has 1 aliphatic heterocycles. The molecular formula is C24H26N4O. The minimum absolute atomic E-state index is 0.329. The minimum atomic E-state index is 0.329. The van der Waals surface area contributed by atoms with Gasteiger partial charge >= 0.3 is 0 Å². The highest BCUT2D eigenvalue weighted by Gasteiger charge is 2.22. The third-order valence-corrected chi connectivity index (χ3v) is 5.87. The number of nitrogens with zero attached hydrogens (tertiary/aromatic N) is 4. The van der Waals surface area contributed by atoms with Crippen molar-refractivity contribution in [2.45, 2.75) is 51.3 Å². The number of hydrogen-bond acceptors (Lipinski definition) is 5. The van der Waals surface area contributed by atoms with Gasteiger partial charge in [-0.3, -0.25) is 4.90 Å². The third kappa shape index (κ3) is 4.15. The molecule has 0 radical (unpaired) electrons. The van der Waals surface area contributed by atoms with Crippen LogP contribution >= 0.6 is 0 Å². The molecule has 0 atom stereocenters. The third-order valence-electron chi connectivity index (χ3n) is 5.87. The topological polar surface area (TPSA) is 51.1 Å². The van der Waals surface area contributed by atoms with Crippen molar-refractivity contribution < 1.29 is 4.74 Å². The normalized spacial score (nSPS) is 17.2. The summed E-state index contributed by atoms with van der Waals surface area (Å²) in [6.45, 7) is 2.69. The molecule has 0 spiro atoms. The summed E-state index contributed by atoms with van der Waals surface area (Å²) in [5.74, 6) is 1.62. The molecule has 0 bridgehead atoms. The maximum atomic E-state index is 6.22. The van der Waals surface area contributed by atoms with Crippen LogP contribution in [0.25, 0.3) is 11.4 Å². The quantitative estimate of drug-likeness (QED) is 0.650. The number of fused-ring (bicyclic) bond motifs is 1. The minimum Gasteiger partial charge on any atom is -0.474 e. The molecule has 0 unspecified atom stereocenters. The van der Waals surface area contributed by atoms with Gasteiger partial charge < -0.3 is 4.74 Å². The van der Waals surface area contributed by atoms with Crippen LogP contribution in [0.4, 0.5) is 0 Å². The molecule has 1 aromatic carbocycles. The van der Waals surface area contributed by atoms with Gasteiger partial charge in [0.25, 0.3) is 0 Å². The lowest BCUT2D eigenvalue weighted by atomic mass is 10.1. The first-order valence-electron chi connectivity index (χ1n) is 10.6. The molecule has 5 heteroatoms. The van der Waals surface area contributed by atoms with Crippen LogP contribution in [0.1, 0.15) is 42.5 Å². The van der Waals surface area contributed by atoms with Gasteiger partial charge in [0.1, 0.15) is 6.10 Å². The summed E-state index contributed by atoms with van der Waals surface area (Å²) in [5, 5.41) is 0. The molecule has 0 N–H and O–H groups in total. The molecule has 29 heavy (non-hydrogen) atoms. The maximum absolute atomic E-state index is 6.22. The molecule has 2 aliphatic rings. The summed E-state index contributed by atoms with van der Waals surface area (Å²) < 4.78 is 6.22. The largest absolute Gasteiger partial charge is 0.474 e. The van der Waals surface area contributed by atoms with Crippen LogP contribution in [0, 0.1) is 0 Å². The average molecular weight is 386 g/mol. The van der Waals surface area contributed by atoms with E-state index in [9.17, 15) is 0 Å². The van der Waals surface area contributed by atoms with Crippen LogP contribution in [0.3, 0.4) is 0 Å². The van der Waals surface area contributed by atoms with Crippen LogP contribution < -0.4 is 4.74 Å². The first-order chi connectivity index (χ1) is 14.3. The number of benzene rings is 1. The van der Waals surface area contributed by atoms with Gasteiger partial charge in [0.2, 0.25) is 5.88 Å². The molecule has 1 saturated carbocycles. The molecular weight excluding hydrogens is 360 g/mol. The summed E-state index contributed by atoms with van der Waals surface area (Å²) in [6, 6.07) is 14.3. The van der Waals surface area contributed by atoms with Crippen LogP contribution in [-0.2, 0) is 19.5 Å². The van der Waals surface area contributed by atoms with Crippen molar-refractivity contribution in [3.63, 3.8) is 0 Å². The van der Waals surface area contributed by atoms with Gasteiger partial charge in [0, 0.05) is 55.1 Å². The van der Waals surface area contributed by atoms with E-state index < -0.39 is 0 Å². The van der Waals surface area contributed by atoms with E-state index in [1.54, 1.807) is 0 Å². The monoisotopic (exact) mass is 386 g/mol. The Morgan fingerprint density at radius 2 is 1.86 bits per heavy atom. The Morgan fingerprint density at radius 1 is 1.00 bits per heavy atom. The van der Waals surface area contributed by atoms with Gasteiger partial charge in [-0.05, 0) is 31.7 Å². The first-order valence-corrected chi connectivity index (χ1v) is 10.6. The van der Waals surface area contributed by atoms with Gasteiger partial charge in [-0.1, -0.05) is 36.4 Å². The van der Waals surface area contributed by atoms with Gasteiger partial charge in [-0.15, -0.1) is 0 Å². The van der Waals surface area contributed by atoms with E-state index in [-0.39, 0.29) is 0 Å². The Morgan fingerprint density at radius 3 is 2.72 bits per heavy atom. The van der Waals surface area contributed by atoms with Crippen LogP contribution in [0.5, 0.6) is 5.88 Å². The van der Waals surface area contributed by atoms with E-state index in [4.69, 9.17) is 9.72 Å². The second-order valence-electron chi connectivity index (χ2n) is 7.98. The van der Waals surface area contributed by atoms with Crippen molar-refractivity contribution in [3.8, 4) is 17.3 Å². The van der Waals surface area contributed by atoms with Crippen LogP contribution in [-0.4, -0.2) is 32.5 Å². The lowest BCUT2D eigenvalue weighted by molar-refractivity contribution is 0.190. The zero-order chi connectivity index (χ0) is 19.5. The number of ether oxygens (including phenoxy) is 1. The second kappa shape index (κ2) is 8.29. The Labute approximate surface area is 171 Å². The molecule has 148 valence electrons. The van der Waals surface area contributed by atoms with Crippen molar-refractivity contribution >= 4 is 0 Å². The van der Waals surface area contributed by atoms with Crippen molar-refractivity contribution in [1.82, 2.24) is 19.9 Å². The van der Waals surface area contributed by atoms with Crippen molar-refractivity contribution in [3.05, 3.63) is 71.7 Å². The average Bonchev–Trinajstić information content (AvgIpc) is 3.28. The summed E-state index contributed by atoms with van der Waals surface area (Å²) in [4.78, 5) is 16.4.